The molecule has 182 valence electrons. The molecule has 0 saturated heterocycles. The fourth-order valence-electron chi connectivity index (χ4n) is 3.89. The van der Waals surface area contributed by atoms with Gasteiger partial charge in [-0.1, -0.05) is 42.8 Å². The third-order valence-electron chi connectivity index (χ3n) is 5.88. The van der Waals surface area contributed by atoms with Crippen molar-refractivity contribution in [3.05, 3.63) is 89.0 Å². The van der Waals surface area contributed by atoms with E-state index in [-0.39, 0.29) is 27.1 Å². The Bertz CT molecular complexity index is 1500. The zero-order valence-electron chi connectivity index (χ0n) is 19.9. The molecule has 4 rings (SSSR count). The van der Waals surface area contributed by atoms with Crippen molar-refractivity contribution in [1.82, 2.24) is 9.55 Å². The quantitative estimate of drug-likeness (QED) is 0.328. The average Bonchev–Trinajstić information content (AvgIpc) is 3.24. The molecule has 0 atom stereocenters. The number of halogens is 2. The molecule has 0 aliphatic carbocycles. The standard InChI is InChI=1S/C27H26ClFN2O3S/c1-5-35(33,34)20-9-6-8-18(15-20)19-12-13-23(17(2)14-19)31-16-24(27(3,4)32)30-26(31)25-21(28)10-7-11-22(25)29/h6-16,32H,5H2,1-4H3. The molecule has 0 aliphatic heterocycles. The van der Waals surface area contributed by atoms with E-state index >= 15 is 0 Å². The zero-order chi connectivity index (χ0) is 25.5. The smallest absolute Gasteiger partial charge is 0.178 e. The molecule has 1 N–H and O–H groups in total. The number of sulfone groups is 1. The Balaban J connectivity index is 1.87. The molecule has 4 aromatic rings. The van der Waals surface area contributed by atoms with Crippen LogP contribution in [0.5, 0.6) is 0 Å². The van der Waals surface area contributed by atoms with Crippen LogP contribution >= 0.6 is 11.6 Å². The Kier molecular flexibility index (Phi) is 6.62. The van der Waals surface area contributed by atoms with Crippen LogP contribution in [0.3, 0.4) is 0 Å². The number of aliphatic hydroxyl groups is 1. The number of aryl methyl sites for hydroxylation is 1. The van der Waals surface area contributed by atoms with Gasteiger partial charge in [0.25, 0.3) is 0 Å². The van der Waals surface area contributed by atoms with E-state index in [9.17, 15) is 17.9 Å². The Labute approximate surface area is 209 Å². The van der Waals surface area contributed by atoms with Gasteiger partial charge < -0.3 is 5.11 Å². The van der Waals surface area contributed by atoms with E-state index in [2.05, 4.69) is 4.98 Å². The molecular weight excluding hydrogens is 487 g/mol. The number of aromatic nitrogens is 2. The number of nitrogens with zero attached hydrogens (tertiary/aromatic N) is 2. The molecule has 1 heterocycles. The van der Waals surface area contributed by atoms with Crippen LogP contribution in [0.1, 0.15) is 32.0 Å². The van der Waals surface area contributed by atoms with Crippen LogP contribution in [0.25, 0.3) is 28.2 Å². The Morgan fingerprint density at radius 3 is 2.37 bits per heavy atom. The lowest BCUT2D eigenvalue weighted by Crippen LogP contribution is -2.15. The summed E-state index contributed by atoms with van der Waals surface area (Å²) in [5.74, 6) is -0.216. The molecular formula is C27H26ClFN2O3S. The van der Waals surface area contributed by atoms with Gasteiger partial charge in [0.2, 0.25) is 0 Å². The van der Waals surface area contributed by atoms with Gasteiger partial charge in [0.05, 0.1) is 32.6 Å². The van der Waals surface area contributed by atoms with Gasteiger partial charge in [0.1, 0.15) is 17.2 Å². The first-order valence-electron chi connectivity index (χ1n) is 11.1. The number of imidazole rings is 1. The normalized spacial score (nSPS) is 12.2. The lowest BCUT2D eigenvalue weighted by Gasteiger charge is -2.14. The van der Waals surface area contributed by atoms with Crippen LogP contribution in [0, 0.1) is 12.7 Å². The Morgan fingerprint density at radius 1 is 1.06 bits per heavy atom. The summed E-state index contributed by atoms with van der Waals surface area (Å²) in [7, 11) is -3.33. The molecule has 35 heavy (non-hydrogen) atoms. The van der Waals surface area contributed by atoms with Gasteiger partial charge in [-0.05, 0) is 73.9 Å². The minimum absolute atomic E-state index is 0.0277. The fraction of sp³-hybridized carbons (Fsp3) is 0.222. The molecule has 0 spiro atoms. The van der Waals surface area contributed by atoms with Gasteiger partial charge in [0, 0.05) is 6.20 Å². The SMILES string of the molecule is CCS(=O)(=O)c1cccc(-c2ccc(-n3cc(C(C)(C)O)nc3-c3c(F)cccc3Cl)c(C)c2)c1. The third-order valence-corrected chi connectivity index (χ3v) is 7.93. The molecule has 0 aliphatic rings. The molecule has 1 aromatic heterocycles. The number of hydrogen-bond acceptors (Lipinski definition) is 4. The minimum Gasteiger partial charge on any atom is -0.384 e. The molecule has 0 unspecified atom stereocenters. The lowest BCUT2D eigenvalue weighted by atomic mass is 10.0. The summed E-state index contributed by atoms with van der Waals surface area (Å²) in [5, 5.41) is 10.8. The van der Waals surface area contributed by atoms with Gasteiger partial charge in [-0.25, -0.2) is 17.8 Å². The lowest BCUT2D eigenvalue weighted by molar-refractivity contribution is 0.0743. The van der Waals surface area contributed by atoms with Crippen LogP contribution in [-0.4, -0.2) is 28.8 Å². The second kappa shape index (κ2) is 9.22. The highest BCUT2D eigenvalue weighted by Gasteiger charge is 2.26. The molecule has 0 amide bonds. The summed E-state index contributed by atoms with van der Waals surface area (Å²) in [6.45, 7) is 6.74. The molecule has 5 nitrogen and oxygen atoms in total. The van der Waals surface area contributed by atoms with Crippen molar-refractivity contribution in [1.29, 1.82) is 0 Å². The number of hydrogen-bond donors (Lipinski definition) is 1. The van der Waals surface area contributed by atoms with Crippen molar-refractivity contribution in [2.45, 2.75) is 38.2 Å². The largest absolute Gasteiger partial charge is 0.384 e. The van der Waals surface area contributed by atoms with Crippen LogP contribution in [0.2, 0.25) is 5.02 Å². The van der Waals surface area contributed by atoms with Crippen molar-refractivity contribution >= 4 is 21.4 Å². The molecule has 8 heteroatoms. The highest BCUT2D eigenvalue weighted by Crippen LogP contribution is 2.35. The predicted molar refractivity (Wildman–Crippen MR) is 137 cm³/mol. The van der Waals surface area contributed by atoms with Crippen molar-refractivity contribution < 1.29 is 17.9 Å². The van der Waals surface area contributed by atoms with E-state index in [0.717, 1.165) is 22.4 Å². The minimum atomic E-state index is -3.33. The van der Waals surface area contributed by atoms with Gasteiger partial charge in [0.15, 0.2) is 9.84 Å². The predicted octanol–water partition coefficient (Wildman–Crippen LogP) is 6.33. The zero-order valence-corrected chi connectivity index (χ0v) is 21.5. The average molecular weight is 513 g/mol. The molecule has 0 fully saturated rings. The van der Waals surface area contributed by atoms with Crippen LogP contribution in [0.4, 0.5) is 4.39 Å². The van der Waals surface area contributed by atoms with E-state index in [1.54, 1.807) is 55.8 Å². The summed E-state index contributed by atoms with van der Waals surface area (Å²) in [5.41, 5.74) is 2.44. The van der Waals surface area contributed by atoms with E-state index in [1.807, 2.05) is 31.2 Å². The maximum atomic E-state index is 14.8. The van der Waals surface area contributed by atoms with Gasteiger partial charge in [-0.3, -0.25) is 4.57 Å². The van der Waals surface area contributed by atoms with E-state index in [0.29, 0.717) is 5.69 Å². The van der Waals surface area contributed by atoms with Gasteiger partial charge >= 0.3 is 0 Å². The topological polar surface area (TPSA) is 72.2 Å². The molecule has 0 saturated carbocycles. The van der Waals surface area contributed by atoms with Crippen molar-refractivity contribution in [2.75, 3.05) is 5.75 Å². The Morgan fingerprint density at radius 2 is 1.74 bits per heavy atom. The maximum absolute atomic E-state index is 14.8. The first-order chi connectivity index (χ1) is 16.4. The van der Waals surface area contributed by atoms with Crippen LogP contribution in [-0.2, 0) is 15.4 Å². The summed E-state index contributed by atoms with van der Waals surface area (Å²) in [6, 6.07) is 17.0. The summed E-state index contributed by atoms with van der Waals surface area (Å²) < 4.78 is 41.2. The highest BCUT2D eigenvalue weighted by atomic mass is 35.5. The van der Waals surface area contributed by atoms with Crippen LogP contribution in [0.15, 0.2) is 71.8 Å². The molecule has 0 radical (unpaired) electrons. The Hall–Kier alpha value is -3.00. The fourth-order valence-corrected chi connectivity index (χ4v) is 5.06. The first-order valence-corrected chi connectivity index (χ1v) is 13.2. The van der Waals surface area contributed by atoms with Gasteiger partial charge in [-0.2, -0.15) is 0 Å². The first kappa shape index (κ1) is 25.1. The van der Waals surface area contributed by atoms with Crippen LogP contribution < -0.4 is 0 Å². The molecule has 3 aromatic carbocycles. The second-order valence-electron chi connectivity index (χ2n) is 8.91. The van der Waals surface area contributed by atoms with Gasteiger partial charge in [-0.15, -0.1) is 0 Å². The van der Waals surface area contributed by atoms with Crippen molar-refractivity contribution in [2.24, 2.45) is 0 Å². The maximum Gasteiger partial charge on any atom is 0.178 e. The second-order valence-corrected chi connectivity index (χ2v) is 11.6. The van der Waals surface area contributed by atoms with Crippen molar-refractivity contribution in [3.8, 4) is 28.2 Å². The highest BCUT2D eigenvalue weighted by molar-refractivity contribution is 7.91. The van der Waals surface area contributed by atoms with Crippen molar-refractivity contribution in [3.63, 3.8) is 0 Å². The summed E-state index contributed by atoms with van der Waals surface area (Å²) in [4.78, 5) is 4.82. The van der Waals surface area contributed by atoms with E-state index in [1.165, 1.54) is 12.1 Å². The monoisotopic (exact) mass is 512 g/mol. The number of rotatable bonds is 6. The van der Waals surface area contributed by atoms with E-state index < -0.39 is 21.3 Å². The molecule has 0 bridgehead atoms. The summed E-state index contributed by atoms with van der Waals surface area (Å²) >= 11 is 6.35. The van der Waals surface area contributed by atoms with E-state index in [4.69, 9.17) is 11.6 Å². The summed E-state index contributed by atoms with van der Waals surface area (Å²) in [6.07, 6.45) is 1.68. The third kappa shape index (κ3) is 4.89. The number of benzene rings is 3.